The van der Waals surface area contributed by atoms with Gasteiger partial charge in [0.1, 0.15) is 12.0 Å². The third kappa shape index (κ3) is 3.66. The van der Waals surface area contributed by atoms with Crippen LogP contribution in [-0.4, -0.2) is 35.1 Å². The van der Waals surface area contributed by atoms with Crippen LogP contribution in [0, 0.1) is 10.1 Å². The second-order valence-electron chi connectivity index (χ2n) is 5.52. The quantitative estimate of drug-likeness (QED) is 0.661. The van der Waals surface area contributed by atoms with Gasteiger partial charge < -0.3 is 10.2 Å². The molecule has 6 heteroatoms. The Kier molecular flexibility index (Phi) is 4.89. The molecule has 20 heavy (non-hydrogen) atoms. The lowest BCUT2D eigenvalue weighted by molar-refractivity contribution is -0.385. The highest BCUT2D eigenvalue weighted by Crippen LogP contribution is 2.19. The summed E-state index contributed by atoms with van der Waals surface area (Å²) in [7, 11) is 0. The van der Waals surface area contributed by atoms with E-state index >= 15 is 0 Å². The fraction of sp³-hybridized carbons (Fsp3) is 0.643. The Bertz CT molecular complexity index is 441. The van der Waals surface area contributed by atoms with Gasteiger partial charge in [0.15, 0.2) is 0 Å². The van der Waals surface area contributed by atoms with Crippen molar-refractivity contribution in [2.24, 2.45) is 0 Å². The Hall–Kier alpha value is -1.69. The molecule has 1 fully saturated rings. The standard InChI is InChI=1S/C14H22N4O2/c1-11(2)17(10-12-5-3-4-8-15-12)14-7-6-13(9-16-14)18(19)20/h6-7,9,11-12,15H,3-5,8,10H2,1-2H3. The Labute approximate surface area is 119 Å². The molecule has 1 atom stereocenters. The molecule has 1 saturated heterocycles. The predicted octanol–water partition coefficient (Wildman–Crippen LogP) is 2.35. The number of piperidine rings is 1. The molecule has 2 heterocycles. The molecule has 1 aliphatic heterocycles. The minimum absolute atomic E-state index is 0.0354. The normalized spacial score (nSPS) is 19.1. The molecule has 1 aromatic heterocycles. The van der Waals surface area contributed by atoms with Gasteiger partial charge in [0.2, 0.25) is 0 Å². The maximum atomic E-state index is 10.7. The summed E-state index contributed by atoms with van der Waals surface area (Å²) in [6.07, 6.45) is 5.01. The average molecular weight is 278 g/mol. The molecular weight excluding hydrogens is 256 g/mol. The van der Waals surface area contributed by atoms with Gasteiger partial charge >= 0.3 is 0 Å². The van der Waals surface area contributed by atoms with Crippen LogP contribution < -0.4 is 10.2 Å². The van der Waals surface area contributed by atoms with Crippen molar-refractivity contribution in [3.8, 4) is 0 Å². The number of nitrogens with one attached hydrogen (secondary N) is 1. The summed E-state index contributed by atoms with van der Waals surface area (Å²) in [4.78, 5) is 16.7. The average Bonchev–Trinajstić information content (AvgIpc) is 2.45. The maximum absolute atomic E-state index is 10.7. The van der Waals surface area contributed by atoms with E-state index in [1.54, 1.807) is 6.07 Å². The van der Waals surface area contributed by atoms with Gasteiger partial charge in [0, 0.05) is 24.7 Å². The van der Waals surface area contributed by atoms with Crippen molar-refractivity contribution in [3.05, 3.63) is 28.4 Å². The molecule has 0 saturated carbocycles. The summed E-state index contributed by atoms with van der Waals surface area (Å²) in [6, 6.07) is 4.04. The summed E-state index contributed by atoms with van der Waals surface area (Å²) in [6.45, 7) is 6.20. The summed E-state index contributed by atoms with van der Waals surface area (Å²) in [5.41, 5.74) is 0.0354. The van der Waals surface area contributed by atoms with E-state index in [0.717, 1.165) is 18.9 Å². The van der Waals surface area contributed by atoms with E-state index in [1.807, 2.05) is 0 Å². The molecule has 0 bridgehead atoms. The summed E-state index contributed by atoms with van der Waals surface area (Å²) in [5, 5.41) is 14.2. The van der Waals surface area contributed by atoms with Crippen LogP contribution in [0.3, 0.4) is 0 Å². The summed E-state index contributed by atoms with van der Waals surface area (Å²) < 4.78 is 0. The maximum Gasteiger partial charge on any atom is 0.287 e. The van der Waals surface area contributed by atoms with Gasteiger partial charge in [0.05, 0.1) is 4.92 Å². The second kappa shape index (κ2) is 6.65. The molecule has 1 aliphatic rings. The summed E-state index contributed by atoms with van der Waals surface area (Å²) in [5.74, 6) is 0.804. The molecule has 0 amide bonds. The molecule has 1 N–H and O–H groups in total. The van der Waals surface area contributed by atoms with E-state index in [9.17, 15) is 10.1 Å². The predicted molar refractivity (Wildman–Crippen MR) is 79.0 cm³/mol. The van der Waals surface area contributed by atoms with Crippen molar-refractivity contribution < 1.29 is 4.92 Å². The van der Waals surface area contributed by atoms with Crippen LogP contribution >= 0.6 is 0 Å². The molecular formula is C14H22N4O2. The van der Waals surface area contributed by atoms with Gasteiger partial charge in [-0.3, -0.25) is 10.1 Å². The number of nitro groups is 1. The highest BCUT2D eigenvalue weighted by Gasteiger charge is 2.20. The minimum atomic E-state index is -0.417. The van der Waals surface area contributed by atoms with Crippen molar-refractivity contribution >= 4 is 11.5 Å². The number of pyridine rings is 1. The summed E-state index contributed by atoms with van der Waals surface area (Å²) >= 11 is 0. The van der Waals surface area contributed by atoms with E-state index in [0.29, 0.717) is 12.1 Å². The molecule has 1 aromatic rings. The van der Waals surface area contributed by atoms with E-state index in [4.69, 9.17) is 0 Å². The Morgan fingerprint density at radius 2 is 2.30 bits per heavy atom. The molecule has 2 rings (SSSR count). The number of rotatable bonds is 5. The number of hydrogen-bond acceptors (Lipinski definition) is 5. The number of hydrogen-bond donors (Lipinski definition) is 1. The molecule has 0 aromatic carbocycles. The molecule has 0 spiro atoms. The number of anilines is 1. The van der Waals surface area contributed by atoms with Crippen molar-refractivity contribution in [2.75, 3.05) is 18.0 Å². The van der Waals surface area contributed by atoms with Gasteiger partial charge in [-0.1, -0.05) is 6.42 Å². The number of aromatic nitrogens is 1. The van der Waals surface area contributed by atoms with Crippen LogP contribution in [0.5, 0.6) is 0 Å². The first-order valence-corrected chi connectivity index (χ1v) is 7.18. The molecule has 1 unspecified atom stereocenters. The van der Waals surface area contributed by atoms with Gasteiger partial charge in [-0.15, -0.1) is 0 Å². The Balaban J connectivity index is 2.09. The van der Waals surface area contributed by atoms with Crippen LogP contribution in [-0.2, 0) is 0 Å². The lowest BCUT2D eigenvalue weighted by Crippen LogP contribution is -2.46. The van der Waals surface area contributed by atoms with Crippen molar-refractivity contribution in [3.63, 3.8) is 0 Å². The zero-order chi connectivity index (χ0) is 14.5. The third-order valence-corrected chi connectivity index (χ3v) is 3.69. The highest BCUT2D eigenvalue weighted by molar-refractivity contribution is 5.43. The minimum Gasteiger partial charge on any atom is -0.353 e. The van der Waals surface area contributed by atoms with Gasteiger partial charge in [-0.2, -0.15) is 0 Å². The second-order valence-corrected chi connectivity index (χ2v) is 5.52. The lowest BCUT2D eigenvalue weighted by atomic mass is 10.0. The first-order chi connectivity index (χ1) is 9.58. The van der Waals surface area contributed by atoms with E-state index in [-0.39, 0.29) is 5.69 Å². The van der Waals surface area contributed by atoms with E-state index in [1.165, 1.54) is 31.5 Å². The smallest absolute Gasteiger partial charge is 0.287 e. The van der Waals surface area contributed by atoms with Gasteiger partial charge in [-0.05, 0) is 39.3 Å². The van der Waals surface area contributed by atoms with Gasteiger partial charge in [-0.25, -0.2) is 4.98 Å². The Morgan fingerprint density at radius 1 is 1.50 bits per heavy atom. The molecule has 0 aliphatic carbocycles. The number of nitrogens with zero attached hydrogens (tertiary/aromatic N) is 3. The van der Waals surface area contributed by atoms with Crippen LogP contribution in [0.15, 0.2) is 18.3 Å². The van der Waals surface area contributed by atoms with Crippen molar-refractivity contribution in [2.45, 2.75) is 45.2 Å². The zero-order valence-electron chi connectivity index (χ0n) is 12.1. The van der Waals surface area contributed by atoms with Crippen molar-refractivity contribution in [1.29, 1.82) is 0 Å². The van der Waals surface area contributed by atoms with Crippen LogP contribution in [0.2, 0.25) is 0 Å². The topological polar surface area (TPSA) is 71.3 Å². The Morgan fingerprint density at radius 3 is 2.80 bits per heavy atom. The first-order valence-electron chi connectivity index (χ1n) is 7.18. The van der Waals surface area contributed by atoms with E-state index in [2.05, 4.69) is 29.0 Å². The van der Waals surface area contributed by atoms with Gasteiger partial charge in [0.25, 0.3) is 5.69 Å². The highest BCUT2D eigenvalue weighted by atomic mass is 16.6. The van der Waals surface area contributed by atoms with Crippen LogP contribution in [0.1, 0.15) is 33.1 Å². The SMILES string of the molecule is CC(C)N(CC1CCCCN1)c1ccc([N+](=O)[O-])cn1. The fourth-order valence-corrected chi connectivity index (χ4v) is 2.54. The monoisotopic (exact) mass is 278 g/mol. The first kappa shape index (κ1) is 14.7. The fourth-order valence-electron chi connectivity index (χ4n) is 2.54. The molecule has 6 nitrogen and oxygen atoms in total. The van der Waals surface area contributed by atoms with E-state index < -0.39 is 4.92 Å². The molecule has 0 radical (unpaired) electrons. The van der Waals surface area contributed by atoms with Crippen molar-refractivity contribution in [1.82, 2.24) is 10.3 Å². The van der Waals surface area contributed by atoms with Crippen LogP contribution in [0.25, 0.3) is 0 Å². The largest absolute Gasteiger partial charge is 0.353 e. The van der Waals surface area contributed by atoms with Crippen LogP contribution in [0.4, 0.5) is 11.5 Å². The zero-order valence-corrected chi connectivity index (χ0v) is 12.1. The molecule has 110 valence electrons. The third-order valence-electron chi connectivity index (χ3n) is 3.69. The lowest BCUT2D eigenvalue weighted by Gasteiger charge is -2.34.